The van der Waals surface area contributed by atoms with Crippen LogP contribution in [0.1, 0.15) is 16.1 Å². The van der Waals surface area contributed by atoms with Gasteiger partial charge in [0.25, 0.3) is 5.91 Å². The third-order valence-corrected chi connectivity index (χ3v) is 2.65. The number of carbonyl (C=O) groups excluding carboxylic acids is 1. The van der Waals surface area contributed by atoms with Gasteiger partial charge >= 0.3 is 6.18 Å². The number of nitrogens with zero attached hydrogens (tertiary/aromatic N) is 2. The van der Waals surface area contributed by atoms with Crippen molar-refractivity contribution in [2.45, 2.75) is 6.18 Å². The molecule has 0 aliphatic heterocycles. The summed E-state index contributed by atoms with van der Waals surface area (Å²) in [4.78, 5) is 16.4. The molecule has 1 aromatic heterocycles. The second kappa shape index (κ2) is 7.07. The molecule has 0 saturated heterocycles. The molecule has 21 heavy (non-hydrogen) atoms. The zero-order chi connectivity index (χ0) is 16.0. The summed E-state index contributed by atoms with van der Waals surface area (Å²) in [5.74, 6) is -0.980. The minimum absolute atomic E-state index is 0.0825. The van der Waals surface area contributed by atoms with Crippen molar-refractivity contribution in [2.24, 2.45) is 5.73 Å². The number of carbonyl (C=O) groups is 1. The van der Waals surface area contributed by atoms with E-state index in [-0.39, 0.29) is 31.1 Å². The predicted molar refractivity (Wildman–Crippen MR) is 72.0 cm³/mol. The van der Waals surface area contributed by atoms with Crippen LogP contribution in [-0.2, 0) is 10.9 Å². The van der Waals surface area contributed by atoms with Crippen LogP contribution in [0.4, 0.5) is 19.0 Å². The average Bonchev–Trinajstić information content (AvgIpc) is 2.41. The maximum Gasteiger partial charge on any atom is 0.433 e. The summed E-state index contributed by atoms with van der Waals surface area (Å²) in [6.45, 7) is 4.24. The van der Waals surface area contributed by atoms with E-state index in [1.165, 1.54) is 18.1 Å². The molecule has 8 heteroatoms. The molecule has 0 aliphatic rings. The molecule has 1 aromatic rings. The molecule has 116 valence electrons. The lowest BCUT2D eigenvalue weighted by atomic mass is 10.2. The molecule has 0 fully saturated rings. The summed E-state index contributed by atoms with van der Waals surface area (Å²) < 4.78 is 43.2. The lowest BCUT2D eigenvalue weighted by Gasteiger charge is -2.24. The van der Waals surface area contributed by atoms with Crippen LogP contribution in [0, 0.1) is 0 Å². The van der Waals surface area contributed by atoms with Gasteiger partial charge in [-0.15, -0.1) is 6.58 Å². The Bertz CT molecular complexity index is 518. The van der Waals surface area contributed by atoms with E-state index in [1.807, 2.05) is 0 Å². The van der Waals surface area contributed by atoms with Crippen molar-refractivity contribution in [1.29, 1.82) is 0 Å². The zero-order valence-electron chi connectivity index (χ0n) is 11.5. The smallest absolute Gasteiger partial charge is 0.383 e. The highest BCUT2D eigenvalue weighted by molar-refractivity contribution is 5.97. The van der Waals surface area contributed by atoms with Crippen molar-refractivity contribution in [3.8, 4) is 0 Å². The third-order valence-electron chi connectivity index (χ3n) is 2.65. The number of amides is 1. The first-order valence-electron chi connectivity index (χ1n) is 6.04. The molecule has 1 amide bonds. The normalized spacial score (nSPS) is 11.2. The zero-order valence-corrected chi connectivity index (χ0v) is 11.5. The van der Waals surface area contributed by atoms with Crippen molar-refractivity contribution < 1.29 is 22.7 Å². The van der Waals surface area contributed by atoms with Crippen LogP contribution >= 0.6 is 0 Å². The molecule has 1 heterocycles. The fourth-order valence-corrected chi connectivity index (χ4v) is 1.68. The van der Waals surface area contributed by atoms with Crippen molar-refractivity contribution in [3.63, 3.8) is 0 Å². The number of rotatable bonds is 7. The number of aromatic nitrogens is 1. The Morgan fingerprint density at radius 1 is 1.52 bits per heavy atom. The number of hydrogen-bond donors (Lipinski definition) is 1. The highest BCUT2D eigenvalue weighted by Gasteiger charge is 2.34. The molecule has 0 radical (unpaired) electrons. The summed E-state index contributed by atoms with van der Waals surface area (Å²) in [5, 5.41) is 0. The molecule has 0 bridgehead atoms. The van der Waals surface area contributed by atoms with E-state index >= 15 is 0 Å². The Labute approximate surface area is 120 Å². The van der Waals surface area contributed by atoms with Gasteiger partial charge in [0.05, 0.1) is 12.2 Å². The Hall–Kier alpha value is -2.09. The minimum atomic E-state index is -4.61. The molecule has 0 aromatic carbocycles. The van der Waals surface area contributed by atoms with E-state index in [0.717, 1.165) is 12.1 Å². The lowest BCUT2D eigenvalue weighted by Crippen LogP contribution is -2.31. The van der Waals surface area contributed by atoms with Crippen molar-refractivity contribution in [2.75, 3.05) is 31.7 Å². The predicted octanol–water partition coefficient (Wildman–Crippen LogP) is 1.84. The maximum atomic E-state index is 12.8. The van der Waals surface area contributed by atoms with Crippen LogP contribution in [-0.4, -0.2) is 37.7 Å². The molecule has 0 atom stereocenters. The van der Waals surface area contributed by atoms with Crippen molar-refractivity contribution >= 4 is 11.7 Å². The molecule has 0 unspecified atom stereocenters. The number of pyridine rings is 1. The minimum Gasteiger partial charge on any atom is -0.383 e. The maximum absolute atomic E-state index is 12.8. The summed E-state index contributed by atoms with van der Waals surface area (Å²) in [7, 11) is 1.46. The topological polar surface area (TPSA) is 68.4 Å². The fraction of sp³-hybridized carbons (Fsp3) is 0.385. The van der Waals surface area contributed by atoms with E-state index in [0.29, 0.717) is 0 Å². The molecular weight excluding hydrogens is 287 g/mol. The van der Waals surface area contributed by atoms with Crippen LogP contribution in [0.5, 0.6) is 0 Å². The highest BCUT2D eigenvalue weighted by atomic mass is 19.4. The Balaban J connectivity index is 3.31. The van der Waals surface area contributed by atoms with E-state index in [2.05, 4.69) is 11.6 Å². The molecule has 0 aliphatic carbocycles. The van der Waals surface area contributed by atoms with Gasteiger partial charge in [0.2, 0.25) is 0 Å². The number of primary amides is 1. The second-order valence-corrected chi connectivity index (χ2v) is 4.16. The van der Waals surface area contributed by atoms with E-state index < -0.39 is 17.8 Å². The molecule has 1 rings (SSSR count). The molecule has 2 N–H and O–H groups in total. The van der Waals surface area contributed by atoms with Crippen LogP contribution in [0.15, 0.2) is 24.8 Å². The van der Waals surface area contributed by atoms with E-state index in [1.54, 1.807) is 0 Å². The van der Waals surface area contributed by atoms with Gasteiger partial charge in [-0.2, -0.15) is 13.2 Å². The molecule has 0 saturated carbocycles. The Morgan fingerprint density at radius 2 is 2.19 bits per heavy atom. The quantitative estimate of drug-likeness (QED) is 0.780. The van der Waals surface area contributed by atoms with Gasteiger partial charge in [0, 0.05) is 20.2 Å². The number of halogens is 3. The standard InChI is InChI=1S/C13H16F3N3O2/c1-3-6-19(7-8-21-2)12-9(11(17)20)4-5-10(18-12)13(14,15)16/h3-5H,1,6-8H2,2H3,(H2,17,20). The SMILES string of the molecule is C=CCN(CCOC)c1nc(C(F)(F)F)ccc1C(N)=O. The van der Waals surface area contributed by atoms with Crippen LogP contribution in [0.2, 0.25) is 0 Å². The monoisotopic (exact) mass is 303 g/mol. The first kappa shape index (κ1) is 17.0. The Kier molecular flexibility index (Phi) is 5.71. The number of nitrogens with two attached hydrogens (primary N) is 1. The van der Waals surface area contributed by atoms with Gasteiger partial charge in [-0.05, 0) is 12.1 Å². The van der Waals surface area contributed by atoms with Gasteiger partial charge < -0.3 is 15.4 Å². The van der Waals surface area contributed by atoms with Crippen molar-refractivity contribution in [3.05, 3.63) is 36.0 Å². The molecule has 0 spiro atoms. The number of methoxy groups -OCH3 is 1. The fourth-order valence-electron chi connectivity index (χ4n) is 1.68. The summed E-state index contributed by atoms with van der Waals surface area (Å²) in [6.07, 6.45) is -3.12. The van der Waals surface area contributed by atoms with Crippen LogP contribution in [0.25, 0.3) is 0 Å². The largest absolute Gasteiger partial charge is 0.433 e. The number of ether oxygens (including phenoxy) is 1. The number of hydrogen-bond acceptors (Lipinski definition) is 4. The first-order valence-corrected chi connectivity index (χ1v) is 6.04. The summed E-state index contributed by atoms with van der Waals surface area (Å²) in [5.41, 5.74) is 4.02. The van der Waals surface area contributed by atoms with Gasteiger partial charge in [-0.25, -0.2) is 4.98 Å². The number of alkyl halides is 3. The Morgan fingerprint density at radius 3 is 2.67 bits per heavy atom. The van der Waals surface area contributed by atoms with E-state index in [4.69, 9.17) is 10.5 Å². The van der Waals surface area contributed by atoms with Crippen molar-refractivity contribution in [1.82, 2.24) is 4.98 Å². The number of anilines is 1. The average molecular weight is 303 g/mol. The molecule has 5 nitrogen and oxygen atoms in total. The first-order chi connectivity index (χ1) is 9.81. The third kappa shape index (κ3) is 4.45. The van der Waals surface area contributed by atoms with Crippen LogP contribution in [0.3, 0.4) is 0 Å². The summed E-state index contributed by atoms with van der Waals surface area (Å²) >= 11 is 0. The van der Waals surface area contributed by atoms with Gasteiger partial charge in [-0.3, -0.25) is 4.79 Å². The second-order valence-electron chi connectivity index (χ2n) is 4.16. The lowest BCUT2D eigenvalue weighted by molar-refractivity contribution is -0.141. The van der Waals surface area contributed by atoms with Gasteiger partial charge in [-0.1, -0.05) is 6.08 Å². The summed E-state index contributed by atoms with van der Waals surface area (Å²) in [6, 6.07) is 1.75. The van der Waals surface area contributed by atoms with E-state index in [9.17, 15) is 18.0 Å². The highest BCUT2D eigenvalue weighted by Crippen LogP contribution is 2.30. The van der Waals surface area contributed by atoms with Crippen LogP contribution < -0.4 is 10.6 Å². The van der Waals surface area contributed by atoms with Gasteiger partial charge in [0.1, 0.15) is 11.5 Å². The van der Waals surface area contributed by atoms with Gasteiger partial charge in [0.15, 0.2) is 0 Å². The molecular formula is C13H16F3N3O2.